The number of nitrogens with one attached hydrogen (secondary N) is 2. The van der Waals surface area contributed by atoms with Crippen LogP contribution >= 0.6 is 0 Å². The lowest BCUT2D eigenvalue weighted by Gasteiger charge is -2.30. The molecule has 2 N–H and O–H groups in total. The molecule has 0 aliphatic carbocycles. The molecule has 2 atom stereocenters. The number of hydrogen-bond acceptors (Lipinski definition) is 3. The zero-order chi connectivity index (χ0) is 14.9. The van der Waals surface area contributed by atoms with Crippen LogP contribution in [0, 0.1) is 23.4 Å². The molecule has 2 rings (SSSR count). The number of piperidine rings is 1. The summed E-state index contributed by atoms with van der Waals surface area (Å²) in [5.41, 5.74) is 0. The number of rotatable bonds is 3. The molecule has 0 aromatic heterocycles. The summed E-state index contributed by atoms with van der Waals surface area (Å²) in [6, 6.07) is 0.289. The Bertz CT molecular complexity index is 584. The van der Waals surface area contributed by atoms with Gasteiger partial charge < -0.3 is 5.32 Å². The van der Waals surface area contributed by atoms with Crippen molar-refractivity contribution in [2.24, 2.45) is 5.92 Å². The molecule has 0 bridgehead atoms. The third-order valence-corrected chi connectivity index (χ3v) is 4.86. The van der Waals surface area contributed by atoms with Gasteiger partial charge in [0.15, 0.2) is 4.90 Å². The van der Waals surface area contributed by atoms with Crippen LogP contribution < -0.4 is 10.0 Å². The Kier molecular flexibility index (Phi) is 4.36. The fourth-order valence-electron chi connectivity index (χ4n) is 2.23. The van der Waals surface area contributed by atoms with Crippen LogP contribution in [0.1, 0.15) is 13.3 Å². The third kappa shape index (κ3) is 3.13. The van der Waals surface area contributed by atoms with Crippen molar-refractivity contribution in [3.05, 3.63) is 29.6 Å². The van der Waals surface area contributed by atoms with E-state index in [1.54, 1.807) is 0 Å². The molecule has 1 aliphatic heterocycles. The van der Waals surface area contributed by atoms with Gasteiger partial charge in [-0.3, -0.25) is 0 Å². The Balaban J connectivity index is 2.31. The largest absolute Gasteiger partial charge is 0.316 e. The molecule has 0 amide bonds. The Labute approximate surface area is 115 Å². The van der Waals surface area contributed by atoms with E-state index < -0.39 is 38.4 Å². The molecule has 1 aliphatic rings. The van der Waals surface area contributed by atoms with Crippen molar-refractivity contribution in [1.82, 2.24) is 10.0 Å². The topological polar surface area (TPSA) is 58.2 Å². The fraction of sp³-hybridized carbons (Fsp3) is 0.500. The van der Waals surface area contributed by atoms with Crippen molar-refractivity contribution < 1.29 is 21.6 Å². The second kappa shape index (κ2) is 5.71. The molecular formula is C12H15F3N2O2S. The standard InChI is InChI=1S/C12H15F3N2O2S/c1-7-6-16-3-2-11(7)17-20(18,19)12-9(14)4-8(13)5-10(12)15/h4-5,7,11,16-17H,2-3,6H2,1H3/t7-,11-/m1/s1. The molecule has 1 fully saturated rings. The molecule has 0 spiro atoms. The van der Waals surface area contributed by atoms with E-state index in [0.29, 0.717) is 31.6 Å². The number of sulfonamides is 1. The summed E-state index contributed by atoms with van der Waals surface area (Å²) >= 11 is 0. The van der Waals surface area contributed by atoms with Crippen LogP contribution in [0.15, 0.2) is 17.0 Å². The first kappa shape index (κ1) is 15.3. The molecule has 8 heteroatoms. The molecular weight excluding hydrogens is 293 g/mol. The van der Waals surface area contributed by atoms with Crippen molar-refractivity contribution in [2.75, 3.05) is 13.1 Å². The quantitative estimate of drug-likeness (QED) is 0.887. The molecule has 4 nitrogen and oxygen atoms in total. The summed E-state index contributed by atoms with van der Waals surface area (Å²) in [6.07, 6.45) is 0.519. The monoisotopic (exact) mass is 308 g/mol. The Morgan fingerprint density at radius 3 is 2.40 bits per heavy atom. The number of halogens is 3. The normalized spacial score (nSPS) is 23.8. The molecule has 0 unspecified atom stereocenters. The van der Waals surface area contributed by atoms with E-state index in [9.17, 15) is 21.6 Å². The van der Waals surface area contributed by atoms with Crippen LogP contribution in [0.3, 0.4) is 0 Å². The lowest BCUT2D eigenvalue weighted by Crippen LogP contribution is -2.48. The zero-order valence-electron chi connectivity index (χ0n) is 10.8. The molecule has 1 saturated heterocycles. The predicted molar refractivity (Wildman–Crippen MR) is 67.1 cm³/mol. The van der Waals surface area contributed by atoms with Gasteiger partial charge in [0.1, 0.15) is 17.5 Å². The van der Waals surface area contributed by atoms with Gasteiger partial charge in [-0.05, 0) is 25.4 Å². The van der Waals surface area contributed by atoms with Crippen LogP contribution in [-0.2, 0) is 10.0 Å². The van der Waals surface area contributed by atoms with Gasteiger partial charge in [-0.15, -0.1) is 0 Å². The van der Waals surface area contributed by atoms with Crippen molar-refractivity contribution >= 4 is 10.0 Å². The first-order valence-corrected chi connectivity index (χ1v) is 7.67. The average molecular weight is 308 g/mol. The minimum Gasteiger partial charge on any atom is -0.316 e. The molecule has 0 saturated carbocycles. The summed E-state index contributed by atoms with van der Waals surface area (Å²) in [5, 5.41) is 3.09. The van der Waals surface area contributed by atoms with E-state index >= 15 is 0 Å². The summed E-state index contributed by atoms with van der Waals surface area (Å²) in [6.45, 7) is 3.06. The van der Waals surface area contributed by atoms with Gasteiger partial charge >= 0.3 is 0 Å². The highest BCUT2D eigenvalue weighted by atomic mass is 32.2. The molecule has 112 valence electrons. The van der Waals surface area contributed by atoms with Crippen LogP contribution in [0.5, 0.6) is 0 Å². The van der Waals surface area contributed by atoms with Crippen molar-refractivity contribution in [3.63, 3.8) is 0 Å². The maximum Gasteiger partial charge on any atom is 0.246 e. The van der Waals surface area contributed by atoms with Gasteiger partial charge in [-0.25, -0.2) is 26.3 Å². The molecule has 1 aromatic carbocycles. The maximum absolute atomic E-state index is 13.5. The van der Waals surface area contributed by atoms with E-state index in [1.165, 1.54) is 0 Å². The van der Waals surface area contributed by atoms with Gasteiger partial charge in [-0.2, -0.15) is 0 Å². The third-order valence-electron chi connectivity index (χ3n) is 3.32. The molecule has 1 heterocycles. The van der Waals surface area contributed by atoms with Crippen molar-refractivity contribution in [3.8, 4) is 0 Å². The van der Waals surface area contributed by atoms with Gasteiger partial charge in [0.05, 0.1) is 0 Å². The fourth-order valence-corrected chi connectivity index (χ4v) is 3.73. The predicted octanol–water partition coefficient (Wildman–Crippen LogP) is 1.38. The van der Waals surface area contributed by atoms with Crippen molar-refractivity contribution in [1.29, 1.82) is 0 Å². The Hall–Kier alpha value is -1.12. The van der Waals surface area contributed by atoms with Crippen LogP contribution in [0.4, 0.5) is 13.2 Å². The SMILES string of the molecule is C[C@@H]1CNCC[C@H]1NS(=O)(=O)c1c(F)cc(F)cc1F. The van der Waals surface area contributed by atoms with Gasteiger partial charge in [0, 0.05) is 18.2 Å². The molecule has 20 heavy (non-hydrogen) atoms. The smallest absolute Gasteiger partial charge is 0.246 e. The van der Waals surface area contributed by atoms with Gasteiger partial charge in [0.2, 0.25) is 10.0 Å². The van der Waals surface area contributed by atoms with E-state index in [-0.39, 0.29) is 5.92 Å². The van der Waals surface area contributed by atoms with E-state index in [0.717, 1.165) is 0 Å². The number of benzene rings is 1. The highest BCUT2D eigenvalue weighted by Gasteiger charge is 2.30. The highest BCUT2D eigenvalue weighted by molar-refractivity contribution is 7.89. The second-order valence-corrected chi connectivity index (χ2v) is 6.55. The summed E-state index contributed by atoms with van der Waals surface area (Å²) in [5.74, 6) is -4.03. The Morgan fingerprint density at radius 2 is 1.85 bits per heavy atom. The second-order valence-electron chi connectivity index (χ2n) is 4.90. The van der Waals surface area contributed by atoms with E-state index in [4.69, 9.17) is 0 Å². The van der Waals surface area contributed by atoms with E-state index in [2.05, 4.69) is 10.0 Å². The number of hydrogen-bond donors (Lipinski definition) is 2. The van der Waals surface area contributed by atoms with Gasteiger partial charge in [-0.1, -0.05) is 6.92 Å². The highest BCUT2D eigenvalue weighted by Crippen LogP contribution is 2.22. The summed E-state index contributed by atoms with van der Waals surface area (Å²) < 4.78 is 66.3. The lowest BCUT2D eigenvalue weighted by molar-refractivity contribution is 0.327. The molecule has 0 radical (unpaired) electrons. The first-order valence-electron chi connectivity index (χ1n) is 6.19. The minimum atomic E-state index is -4.37. The van der Waals surface area contributed by atoms with E-state index in [1.807, 2.05) is 6.92 Å². The summed E-state index contributed by atoms with van der Waals surface area (Å²) in [4.78, 5) is -1.13. The average Bonchev–Trinajstić information content (AvgIpc) is 2.30. The minimum absolute atomic E-state index is 0.00917. The van der Waals surface area contributed by atoms with Crippen LogP contribution in [0.25, 0.3) is 0 Å². The van der Waals surface area contributed by atoms with Crippen molar-refractivity contribution in [2.45, 2.75) is 24.3 Å². The van der Waals surface area contributed by atoms with Crippen LogP contribution in [-0.4, -0.2) is 27.5 Å². The zero-order valence-corrected chi connectivity index (χ0v) is 11.6. The maximum atomic E-state index is 13.5. The Morgan fingerprint density at radius 1 is 1.25 bits per heavy atom. The molecule has 1 aromatic rings. The lowest BCUT2D eigenvalue weighted by atomic mass is 9.97. The summed E-state index contributed by atoms with van der Waals surface area (Å²) in [7, 11) is -4.37. The van der Waals surface area contributed by atoms with Crippen LogP contribution in [0.2, 0.25) is 0 Å². The van der Waals surface area contributed by atoms with Gasteiger partial charge in [0.25, 0.3) is 0 Å². The first-order chi connectivity index (χ1) is 9.31.